The van der Waals surface area contributed by atoms with Crippen molar-refractivity contribution in [3.05, 3.63) is 12.2 Å². The summed E-state index contributed by atoms with van der Waals surface area (Å²) >= 11 is 0. The quantitative estimate of drug-likeness (QED) is 0.265. The third kappa shape index (κ3) is 7.66. The molecule has 0 saturated heterocycles. The molecule has 2 unspecified atom stereocenters. The molecule has 0 saturated carbocycles. The van der Waals surface area contributed by atoms with E-state index in [9.17, 15) is 4.79 Å². The summed E-state index contributed by atoms with van der Waals surface area (Å²) in [6.07, 6.45) is 3.33. The molecule has 0 radical (unpaired) electrons. The van der Waals surface area contributed by atoms with Crippen molar-refractivity contribution >= 4 is 14.8 Å². The molecule has 18 heavy (non-hydrogen) atoms. The normalized spacial score (nSPS) is 14.0. The molecule has 0 bridgehead atoms. The highest BCUT2D eigenvalue weighted by Gasteiger charge is 2.17. The van der Waals surface area contributed by atoms with E-state index >= 15 is 0 Å². The van der Waals surface area contributed by atoms with Crippen molar-refractivity contribution in [2.45, 2.75) is 57.8 Å². The fraction of sp³-hybridized carbons (Fsp3) is 0.786. The molecule has 4 heteroatoms. The summed E-state index contributed by atoms with van der Waals surface area (Å²) < 4.78 is 10.5. The molecule has 0 rings (SSSR count). The molecule has 3 nitrogen and oxygen atoms in total. The van der Waals surface area contributed by atoms with Crippen molar-refractivity contribution in [2.24, 2.45) is 0 Å². The van der Waals surface area contributed by atoms with E-state index in [2.05, 4.69) is 20.4 Å². The fourth-order valence-electron chi connectivity index (χ4n) is 1.97. The van der Waals surface area contributed by atoms with Crippen LogP contribution in [0.25, 0.3) is 0 Å². The Kier molecular flexibility index (Phi) is 9.97. The van der Waals surface area contributed by atoms with Crippen LogP contribution in [0.2, 0.25) is 12.1 Å². The Labute approximate surface area is 113 Å². The number of esters is 1. The Morgan fingerprint density at radius 3 is 2.50 bits per heavy atom. The summed E-state index contributed by atoms with van der Waals surface area (Å²) in [5.74, 6) is -0.275. The van der Waals surface area contributed by atoms with Gasteiger partial charge in [0.05, 0.1) is 15.4 Å². The number of ether oxygens (including phenoxy) is 2. The second-order valence-electron chi connectivity index (χ2n) is 4.90. The summed E-state index contributed by atoms with van der Waals surface area (Å²) in [6, 6.07) is 2.61. The van der Waals surface area contributed by atoms with E-state index in [1.165, 1.54) is 18.5 Å². The van der Waals surface area contributed by atoms with Gasteiger partial charge in [-0.05, 0) is 20.3 Å². The van der Waals surface area contributed by atoms with Crippen LogP contribution in [0.5, 0.6) is 0 Å². The minimum Gasteiger partial charge on any atom is -0.462 e. The second kappa shape index (κ2) is 10.3. The molecular formula is C14H28O3Si. The average molecular weight is 272 g/mol. The Morgan fingerprint density at radius 2 is 2.00 bits per heavy atom. The number of rotatable bonds is 10. The number of carbonyl (C=O) groups is 1. The van der Waals surface area contributed by atoms with Crippen LogP contribution < -0.4 is 0 Å². The lowest BCUT2D eigenvalue weighted by Gasteiger charge is -2.20. The van der Waals surface area contributed by atoms with Crippen LogP contribution in [-0.2, 0) is 14.3 Å². The average Bonchev–Trinajstić information content (AvgIpc) is 2.35. The first kappa shape index (κ1) is 17.4. The molecule has 0 aromatic carbocycles. The van der Waals surface area contributed by atoms with Gasteiger partial charge in [-0.1, -0.05) is 38.4 Å². The smallest absolute Gasteiger partial charge is 0.333 e. The highest BCUT2D eigenvalue weighted by atomic mass is 28.3. The Morgan fingerprint density at radius 1 is 1.33 bits per heavy atom. The van der Waals surface area contributed by atoms with Crippen LogP contribution in [0.3, 0.4) is 0 Å². The highest BCUT2D eigenvalue weighted by molar-refractivity contribution is 6.60. The maximum Gasteiger partial charge on any atom is 0.333 e. The first-order chi connectivity index (χ1) is 8.52. The lowest BCUT2D eigenvalue weighted by Crippen LogP contribution is -2.29. The number of hydrogen-bond donors (Lipinski definition) is 0. The van der Waals surface area contributed by atoms with Gasteiger partial charge in [0.25, 0.3) is 0 Å². The van der Waals surface area contributed by atoms with Crippen LogP contribution in [0, 0.1) is 0 Å². The van der Waals surface area contributed by atoms with E-state index in [4.69, 9.17) is 9.47 Å². The van der Waals surface area contributed by atoms with Crippen molar-refractivity contribution in [1.29, 1.82) is 0 Å². The maximum absolute atomic E-state index is 11.2. The van der Waals surface area contributed by atoms with Gasteiger partial charge in [0.2, 0.25) is 0 Å². The zero-order valence-corrected chi connectivity index (χ0v) is 13.5. The van der Waals surface area contributed by atoms with E-state index in [0.29, 0.717) is 17.9 Å². The molecule has 0 aromatic rings. The molecule has 0 fully saturated rings. The number of methoxy groups -OCH3 is 1. The van der Waals surface area contributed by atoms with Gasteiger partial charge in [-0.25, -0.2) is 4.79 Å². The minimum absolute atomic E-state index is 0.275. The molecule has 0 amide bonds. The minimum atomic E-state index is -0.795. The van der Waals surface area contributed by atoms with Crippen LogP contribution in [0.4, 0.5) is 0 Å². The van der Waals surface area contributed by atoms with Crippen LogP contribution in [0.15, 0.2) is 12.2 Å². The van der Waals surface area contributed by atoms with Gasteiger partial charge in [-0.2, -0.15) is 0 Å². The molecule has 106 valence electrons. The van der Waals surface area contributed by atoms with Gasteiger partial charge < -0.3 is 9.47 Å². The monoisotopic (exact) mass is 272 g/mol. The zero-order chi connectivity index (χ0) is 14.0. The van der Waals surface area contributed by atoms with Crippen molar-refractivity contribution in [3.8, 4) is 0 Å². The molecule has 0 aromatic heterocycles. The highest BCUT2D eigenvalue weighted by Crippen LogP contribution is 2.13. The lowest BCUT2D eigenvalue weighted by atomic mass is 10.3. The van der Waals surface area contributed by atoms with Crippen LogP contribution in [-0.4, -0.2) is 34.2 Å². The van der Waals surface area contributed by atoms with Crippen molar-refractivity contribution in [1.82, 2.24) is 0 Å². The van der Waals surface area contributed by atoms with Gasteiger partial charge >= 0.3 is 5.97 Å². The van der Waals surface area contributed by atoms with E-state index in [1.807, 2.05) is 0 Å². The van der Waals surface area contributed by atoms with Gasteiger partial charge in [-0.3, -0.25) is 0 Å². The molecular weight excluding hydrogens is 244 g/mol. The predicted molar refractivity (Wildman–Crippen MR) is 78.5 cm³/mol. The summed E-state index contributed by atoms with van der Waals surface area (Å²) in [5, 5.41) is 0. The third-order valence-electron chi connectivity index (χ3n) is 3.25. The molecule has 0 heterocycles. The topological polar surface area (TPSA) is 35.5 Å². The van der Waals surface area contributed by atoms with E-state index in [-0.39, 0.29) is 5.97 Å². The number of unbranched alkanes of at least 4 members (excludes halogenated alkanes) is 1. The lowest BCUT2D eigenvalue weighted by molar-refractivity contribution is -0.139. The summed E-state index contributed by atoms with van der Waals surface area (Å²) in [7, 11) is 1.01. The molecule has 2 atom stereocenters. The van der Waals surface area contributed by atoms with Gasteiger partial charge in [0, 0.05) is 18.4 Å². The second-order valence-corrected chi connectivity index (χ2v) is 8.52. The fourth-order valence-corrected chi connectivity index (χ4v) is 5.14. The molecule has 0 spiro atoms. The van der Waals surface area contributed by atoms with Crippen molar-refractivity contribution in [2.75, 3.05) is 13.7 Å². The number of carbonyl (C=O) groups excluding carboxylic acids is 1. The van der Waals surface area contributed by atoms with Gasteiger partial charge in [0.15, 0.2) is 0 Å². The van der Waals surface area contributed by atoms with Gasteiger partial charge in [-0.15, -0.1) is 0 Å². The van der Waals surface area contributed by atoms with Crippen molar-refractivity contribution in [3.63, 3.8) is 0 Å². The standard InChI is InChI=1S/C14H28O3Si/c1-6-10-18(13(4)16-5)11-8-7-9-17-14(15)12(2)3/h13,18H,2,6-11H2,1,3-5H3. The Bertz CT molecular complexity index is 253. The maximum atomic E-state index is 11.2. The molecule has 0 aliphatic carbocycles. The summed E-state index contributed by atoms with van der Waals surface area (Å²) in [4.78, 5) is 11.2. The Balaban J connectivity index is 3.73. The SMILES string of the molecule is C=C(C)C(=O)OCCCC[SiH](CCC)C(C)OC. The van der Waals surface area contributed by atoms with Crippen LogP contribution >= 0.6 is 0 Å². The van der Waals surface area contributed by atoms with Gasteiger partial charge in [0.1, 0.15) is 0 Å². The zero-order valence-electron chi connectivity index (χ0n) is 12.3. The van der Waals surface area contributed by atoms with E-state index in [1.54, 1.807) is 14.0 Å². The van der Waals surface area contributed by atoms with Crippen LogP contribution in [0.1, 0.15) is 40.0 Å². The van der Waals surface area contributed by atoms with Crippen molar-refractivity contribution < 1.29 is 14.3 Å². The largest absolute Gasteiger partial charge is 0.462 e. The van der Waals surface area contributed by atoms with E-state index < -0.39 is 8.80 Å². The molecule has 0 aliphatic heterocycles. The first-order valence-electron chi connectivity index (χ1n) is 6.88. The summed E-state index contributed by atoms with van der Waals surface area (Å²) in [5.41, 5.74) is 0.921. The molecule has 0 aliphatic rings. The third-order valence-corrected chi connectivity index (χ3v) is 7.31. The first-order valence-corrected chi connectivity index (χ1v) is 9.18. The predicted octanol–water partition coefficient (Wildman–Crippen LogP) is 3.10. The van der Waals surface area contributed by atoms with E-state index in [0.717, 1.165) is 12.8 Å². The molecule has 0 N–H and O–H groups in total. The number of hydrogen-bond acceptors (Lipinski definition) is 3. The Hall–Kier alpha value is -0.613. The summed E-state index contributed by atoms with van der Waals surface area (Å²) in [6.45, 7) is 10.2.